The summed E-state index contributed by atoms with van der Waals surface area (Å²) in [5, 5.41) is 13.6. The Hall–Kier alpha value is -2.19. The number of hydrazine groups is 1. The molecule has 1 amide bonds. The Bertz CT molecular complexity index is 490. The zero-order valence-electron chi connectivity index (χ0n) is 11.4. The molecule has 1 aromatic carbocycles. The highest BCUT2D eigenvalue weighted by molar-refractivity contribution is 6.00. The Labute approximate surface area is 116 Å². The van der Waals surface area contributed by atoms with Gasteiger partial charge in [0.05, 0.1) is 17.6 Å². The molecule has 0 aliphatic carbocycles. The third-order valence-electron chi connectivity index (χ3n) is 2.46. The number of carbonyl (C=O) groups excluding carboxylic acids is 1. The molecule has 4 N–H and O–H groups in total. The highest BCUT2D eigenvalue weighted by Gasteiger charge is 2.23. The van der Waals surface area contributed by atoms with E-state index in [4.69, 9.17) is 10.6 Å². The van der Waals surface area contributed by atoms with Crippen LogP contribution in [0.1, 0.15) is 24.2 Å². The molecule has 110 valence electrons. The van der Waals surface area contributed by atoms with E-state index in [2.05, 4.69) is 10.7 Å². The van der Waals surface area contributed by atoms with Crippen LogP contribution < -0.4 is 16.6 Å². The minimum atomic E-state index is -0.644. The quantitative estimate of drug-likeness (QED) is 0.297. The molecule has 0 aliphatic heterocycles. The molecule has 8 heteroatoms. The van der Waals surface area contributed by atoms with Crippen LogP contribution in [0.3, 0.4) is 0 Å². The van der Waals surface area contributed by atoms with Crippen molar-refractivity contribution in [2.45, 2.75) is 20.0 Å². The van der Waals surface area contributed by atoms with Gasteiger partial charge in [-0.2, -0.15) is 0 Å². The average molecular weight is 282 g/mol. The Morgan fingerprint density at radius 3 is 2.75 bits per heavy atom. The third-order valence-corrected chi connectivity index (χ3v) is 2.46. The largest absolute Gasteiger partial charge is 0.377 e. The summed E-state index contributed by atoms with van der Waals surface area (Å²) in [4.78, 5) is 22.3. The lowest BCUT2D eigenvalue weighted by molar-refractivity contribution is -0.384. The van der Waals surface area contributed by atoms with Crippen LogP contribution in [-0.2, 0) is 4.74 Å². The smallest absolute Gasteiger partial charge is 0.306 e. The molecule has 0 radical (unpaired) electrons. The first kappa shape index (κ1) is 15.9. The van der Waals surface area contributed by atoms with Gasteiger partial charge in [0.15, 0.2) is 0 Å². The fourth-order valence-corrected chi connectivity index (χ4v) is 1.59. The van der Waals surface area contributed by atoms with E-state index in [1.807, 2.05) is 13.8 Å². The number of hydrogen-bond acceptors (Lipinski definition) is 6. The van der Waals surface area contributed by atoms with Gasteiger partial charge in [-0.1, -0.05) is 6.07 Å². The van der Waals surface area contributed by atoms with E-state index in [0.29, 0.717) is 6.61 Å². The third kappa shape index (κ3) is 4.18. The lowest BCUT2D eigenvalue weighted by Crippen LogP contribution is -2.29. The zero-order chi connectivity index (χ0) is 15.1. The first-order valence-electron chi connectivity index (χ1n) is 6.11. The van der Waals surface area contributed by atoms with Crippen molar-refractivity contribution in [1.29, 1.82) is 0 Å². The Kier molecular flexibility index (Phi) is 5.88. The minimum absolute atomic E-state index is 0.0463. The number of nitrogen functional groups attached to an aromatic ring is 1. The number of nitro benzene ring substituents is 1. The maximum Gasteiger partial charge on any atom is 0.306 e. The van der Waals surface area contributed by atoms with Crippen molar-refractivity contribution in [2.75, 3.05) is 18.6 Å². The summed E-state index contributed by atoms with van der Waals surface area (Å²) in [7, 11) is 0. The predicted molar refractivity (Wildman–Crippen MR) is 74.3 cm³/mol. The Morgan fingerprint density at radius 2 is 2.20 bits per heavy atom. The zero-order valence-corrected chi connectivity index (χ0v) is 11.4. The van der Waals surface area contributed by atoms with Crippen molar-refractivity contribution < 1.29 is 14.5 Å². The summed E-state index contributed by atoms with van der Waals surface area (Å²) in [6.45, 7) is 4.37. The van der Waals surface area contributed by atoms with Crippen molar-refractivity contribution in [1.82, 2.24) is 5.32 Å². The van der Waals surface area contributed by atoms with Crippen LogP contribution in [0.4, 0.5) is 11.4 Å². The van der Waals surface area contributed by atoms with Gasteiger partial charge in [0, 0.05) is 6.54 Å². The maximum atomic E-state index is 11.9. The van der Waals surface area contributed by atoms with Crippen LogP contribution in [-0.4, -0.2) is 30.1 Å². The lowest BCUT2D eigenvalue weighted by Gasteiger charge is -2.10. The number of anilines is 1. The number of nitrogens with two attached hydrogens (primary N) is 1. The molecule has 0 unspecified atom stereocenters. The summed E-state index contributed by atoms with van der Waals surface area (Å²) in [6.07, 6.45) is 0.0611. The van der Waals surface area contributed by atoms with Gasteiger partial charge in [-0.3, -0.25) is 20.8 Å². The minimum Gasteiger partial charge on any atom is -0.377 e. The number of benzene rings is 1. The Balaban J connectivity index is 2.80. The number of carbonyl (C=O) groups is 1. The van der Waals surface area contributed by atoms with Crippen LogP contribution in [0.5, 0.6) is 0 Å². The standard InChI is InChI=1S/C12H18N4O4/c1-8(2)20-7-6-14-12(17)9-4-3-5-10(15-13)11(9)16(18)19/h3-5,8,15H,6-7,13H2,1-2H3,(H,14,17). The molecular formula is C12H18N4O4. The second kappa shape index (κ2) is 7.41. The van der Waals surface area contributed by atoms with Gasteiger partial charge in [0.25, 0.3) is 5.91 Å². The molecule has 0 saturated carbocycles. The molecule has 8 nitrogen and oxygen atoms in total. The molecule has 0 fully saturated rings. The van der Waals surface area contributed by atoms with E-state index < -0.39 is 10.8 Å². The Morgan fingerprint density at radius 1 is 1.50 bits per heavy atom. The number of amides is 1. The number of hydrogen-bond donors (Lipinski definition) is 3. The van der Waals surface area contributed by atoms with Crippen molar-refractivity contribution in [3.8, 4) is 0 Å². The summed E-state index contributed by atoms with van der Waals surface area (Å²) in [5.74, 6) is 4.67. The van der Waals surface area contributed by atoms with Crippen molar-refractivity contribution in [3.63, 3.8) is 0 Å². The van der Waals surface area contributed by atoms with Gasteiger partial charge >= 0.3 is 5.69 Å². The second-order valence-electron chi connectivity index (χ2n) is 4.28. The van der Waals surface area contributed by atoms with Gasteiger partial charge in [0.1, 0.15) is 11.3 Å². The van der Waals surface area contributed by atoms with Gasteiger partial charge in [-0.15, -0.1) is 0 Å². The molecule has 1 aromatic rings. The fraction of sp³-hybridized carbons (Fsp3) is 0.417. The van der Waals surface area contributed by atoms with Gasteiger partial charge < -0.3 is 15.5 Å². The highest BCUT2D eigenvalue weighted by atomic mass is 16.6. The molecule has 0 aliphatic rings. The number of ether oxygens (including phenoxy) is 1. The van der Waals surface area contributed by atoms with Gasteiger partial charge in [0.2, 0.25) is 0 Å². The van der Waals surface area contributed by atoms with E-state index >= 15 is 0 Å². The highest BCUT2D eigenvalue weighted by Crippen LogP contribution is 2.27. The molecule has 0 heterocycles. The fourth-order valence-electron chi connectivity index (χ4n) is 1.59. The number of rotatable bonds is 7. The van der Waals surface area contributed by atoms with Gasteiger partial charge in [-0.05, 0) is 26.0 Å². The molecule has 0 atom stereocenters. The van der Waals surface area contributed by atoms with Crippen molar-refractivity contribution >= 4 is 17.3 Å². The monoisotopic (exact) mass is 282 g/mol. The maximum absolute atomic E-state index is 11.9. The van der Waals surface area contributed by atoms with E-state index in [1.54, 1.807) is 0 Å². The van der Waals surface area contributed by atoms with Crippen molar-refractivity contribution in [2.24, 2.45) is 5.84 Å². The number of nitrogens with zero attached hydrogens (tertiary/aromatic N) is 1. The molecule has 0 saturated heterocycles. The van der Waals surface area contributed by atoms with Gasteiger partial charge in [-0.25, -0.2) is 0 Å². The van der Waals surface area contributed by atoms with E-state index in [9.17, 15) is 14.9 Å². The summed E-state index contributed by atoms with van der Waals surface area (Å²) >= 11 is 0. The van der Waals surface area contributed by atoms with E-state index in [-0.39, 0.29) is 29.6 Å². The van der Waals surface area contributed by atoms with E-state index in [1.165, 1.54) is 18.2 Å². The van der Waals surface area contributed by atoms with E-state index in [0.717, 1.165) is 0 Å². The van der Waals surface area contributed by atoms with Crippen LogP contribution in [0.25, 0.3) is 0 Å². The lowest BCUT2D eigenvalue weighted by atomic mass is 10.1. The SMILES string of the molecule is CC(C)OCCNC(=O)c1cccc(NN)c1[N+](=O)[O-]. The molecule has 0 bridgehead atoms. The molecule has 1 rings (SSSR count). The first-order chi connectivity index (χ1) is 9.47. The molecular weight excluding hydrogens is 264 g/mol. The average Bonchev–Trinajstić information content (AvgIpc) is 2.41. The number of nitro groups is 1. The summed E-state index contributed by atoms with van der Waals surface area (Å²) in [5.41, 5.74) is 1.90. The van der Waals surface area contributed by atoms with Crippen LogP contribution in [0, 0.1) is 10.1 Å². The van der Waals surface area contributed by atoms with Crippen LogP contribution in [0.15, 0.2) is 18.2 Å². The summed E-state index contributed by atoms with van der Waals surface area (Å²) in [6, 6.07) is 4.32. The first-order valence-corrected chi connectivity index (χ1v) is 6.11. The topological polar surface area (TPSA) is 120 Å². The van der Waals surface area contributed by atoms with Crippen molar-refractivity contribution in [3.05, 3.63) is 33.9 Å². The summed E-state index contributed by atoms with van der Waals surface area (Å²) < 4.78 is 5.27. The molecule has 20 heavy (non-hydrogen) atoms. The second-order valence-corrected chi connectivity index (χ2v) is 4.28. The molecule has 0 spiro atoms. The number of nitrogens with one attached hydrogen (secondary N) is 2. The van der Waals surface area contributed by atoms with Crippen LogP contribution in [0.2, 0.25) is 0 Å². The number of para-hydroxylation sites is 1. The normalized spacial score (nSPS) is 10.4. The van der Waals surface area contributed by atoms with Crippen LogP contribution >= 0.6 is 0 Å². The molecule has 0 aromatic heterocycles. The predicted octanol–water partition coefficient (Wildman–Crippen LogP) is 1.04.